The number of piperidine rings is 1. The van der Waals surface area contributed by atoms with Crippen LogP contribution in [0.25, 0.3) is 0 Å². The van der Waals surface area contributed by atoms with Crippen LogP contribution in [0, 0.1) is 19.8 Å². The quantitative estimate of drug-likeness (QED) is 0.663. The standard InChI is InChI=1S/C16H22N4O6S/c1-4-13-17-14(26-19-13)9-24-16(21)12-5-7-20(8-6-12)27(22,23)15-10(2)18-25-11(15)3/h12H,4-9H2,1-3H3. The Morgan fingerprint density at radius 3 is 2.48 bits per heavy atom. The van der Waals surface area contributed by atoms with Crippen LogP contribution in [-0.4, -0.2) is 47.1 Å². The number of rotatable bonds is 6. The van der Waals surface area contributed by atoms with Crippen LogP contribution in [0.5, 0.6) is 0 Å². The molecule has 1 saturated heterocycles. The molecule has 1 aliphatic rings. The summed E-state index contributed by atoms with van der Waals surface area (Å²) < 4.78 is 42.1. The first kappa shape index (κ1) is 19.5. The second-order valence-corrected chi connectivity index (χ2v) is 8.27. The molecule has 148 valence electrons. The van der Waals surface area contributed by atoms with Gasteiger partial charge in [0.25, 0.3) is 5.89 Å². The molecule has 2 aromatic heterocycles. The SMILES string of the molecule is CCc1noc(COC(=O)C2CCN(S(=O)(=O)c3c(C)noc3C)CC2)n1. The van der Waals surface area contributed by atoms with Gasteiger partial charge in [0.15, 0.2) is 18.2 Å². The van der Waals surface area contributed by atoms with Gasteiger partial charge in [-0.25, -0.2) is 8.42 Å². The summed E-state index contributed by atoms with van der Waals surface area (Å²) in [4.78, 5) is 16.4. The fraction of sp³-hybridized carbons (Fsp3) is 0.625. The molecule has 0 aliphatic carbocycles. The van der Waals surface area contributed by atoms with Gasteiger partial charge in [0.05, 0.1) is 5.92 Å². The van der Waals surface area contributed by atoms with E-state index >= 15 is 0 Å². The molecule has 11 heteroatoms. The highest BCUT2D eigenvalue weighted by Crippen LogP contribution is 2.28. The van der Waals surface area contributed by atoms with E-state index in [0.29, 0.717) is 30.8 Å². The van der Waals surface area contributed by atoms with Gasteiger partial charge in [-0.3, -0.25) is 4.79 Å². The first-order valence-corrected chi connectivity index (χ1v) is 10.2. The molecule has 10 nitrogen and oxygen atoms in total. The van der Waals surface area contributed by atoms with E-state index in [2.05, 4.69) is 15.3 Å². The number of hydrogen-bond acceptors (Lipinski definition) is 9. The number of ether oxygens (including phenoxy) is 1. The molecule has 2 aromatic rings. The predicted molar refractivity (Wildman–Crippen MR) is 90.9 cm³/mol. The van der Waals surface area contributed by atoms with E-state index in [1.54, 1.807) is 13.8 Å². The first-order chi connectivity index (χ1) is 12.8. The van der Waals surface area contributed by atoms with Crippen molar-refractivity contribution in [3.63, 3.8) is 0 Å². The van der Waals surface area contributed by atoms with Gasteiger partial charge in [-0.2, -0.15) is 9.29 Å². The van der Waals surface area contributed by atoms with Crippen LogP contribution in [0.4, 0.5) is 0 Å². The van der Waals surface area contributed by atoms with E-state index in [1.807, 2.05) is 6.92 Å². The molecule has 0 spiro atoms. The van der Waals surface area contributed by atoms with E-state index in [9.17, 15) is 13.2 Å². The van der Waals surface area contributed by atoms with Gasteiger partial charge in [-0.05, 0) is 26.7 Å². The summed E-state index contributed by atoms with van der Waals surface area (Å²) in [6.45, 7) is 5.43. The number of esters is 1. The number of aryl methyl sites for hydroxylation is 3. The summed E-state index contributed by atoms with van der Waals surface area (Å²) in [7, 11) is -3.69. The second-order valence-electron chi connectivity index (χ2n) is 6.40. The van der Waals surface area contributed by atoms with Crippen molar-refractivity contribution in [1.29, 1.82) is 0 Å². The van der Waals surface area contributed by atoms with E-state index < -0.39 is 10.0 Å². The van der Waals surface area contributed by atoms with Crippen LogP contribution in [0.1, 0.15) is 42.9 Å². The van der Waals surface area contributed by atoms with Crippen LogP contribution in [-0.2, 0) is 32.6 Å². The second kappa shape index (κ2) is 7.77. The lowest BCUT2D eigenvalue weighted by molar-refractivity contribution is -0.152. The van der Waals surface area contributed by atoms with Crippen LogP contribution < -0.4 is 0 Å². The number of aromatic nitrogens is 3. The van der Waals surface area contributed by atoms with Crippen molar-refractivity contribution in [2.45, 2.75) is 51.5 Å². The largest absolute Gasteiger partial charge is 0.455 e. The zero-order chi connectivity index (χ0) is 19.6. The van der Waals surface area contributed by atoms with E-state index in [1.165, 1.54) is 4.31 Å². The minimum absolute atomic E-state index is 0.0799. The van der Waals surface area contributed by atoms with Gasteiger partial charge in [0.1, 0.15) is 10.6 Å². The summed E-state index contributed by atoms with van der Waals surface area (Å²) in [6, 6.07) is 0. The highest BCUT2D eigenvalue weighted by Gasteiger charge is 2.36. The first-order valence-electron chi connectivity index (χ1n) is 8.74. The van der Waals surface area contributed by atoms with E-state index in [0.717, 1.165) is 0 Å². The van der Waals surface area contributed by atoms with Crippen LogP contribution >= 0.6 is 0 Å². The minimum atomic E-state index is -3.69. The molecule has 0 aromatic carbocycles. The average molecular weight is 398 g/mol. The van der Waals surface area contributed by atoms with Crippen molar-refractivity contribution in [2.24, 2.45) is 5.92 Å². The molecular weight excluding hydrogens is 376 g/mol. The van der Waals surface area contributed by atoms with Crippen molar-refractivity contribution in [3.05, 3.63) is 23.2 Å². The van der Waals surface area contributed by atoms with Crippen LogP contribution in [0.2, 0.25) is 0 Å². The number of hydrogen-bond donors (Lipinski definition) is 0. The minimum Gasteiger partial charge on any atom is -0.455 e. The fourth-order valence-electron chi connectivity index (χ4n) is 3.05. The number of carbonyl (C=O) groups is 1. The van der Waals surface area contributed by atoms with Gasteiger partial charge in [-0.1, -0.05) is 17.2 Å². The summed E-state index contributed by atoms with van der Waals surface area (Å²) in [6.07, 6.45) is 1.40. The lowest BCUT2D eigenvalue weighted by Gasteiger charge is -2.29. The summed E-state index contributed by atoms with van der Waals surface area (Å²) in [5, 5.41) is 7.44. The highest BCUT2D eigenvalue weighted by atomic mass is 32.2. The van der Waals surface area contributed by atoms with Crippen molar-refractivity contribution < 1.29 is 27.0 Å². The maximum atomic E-state index is 12.8. The predicted octanol–water partition coefficient (Wildman–Crippen LogP) is 1.38. The highest BCUT2D eigenvalue weighted by molar-refractivity contribution is 7.89. The topological polar surface area (TPSA) is 129 Å². The van der Waals surface area contributed by atoms with Gasteiger partial charge < -0.3 is 13.8 Å². The van der Waals surface area contributed by atoms with E-state index in [4.69, 9.17) is 13.8 Å². The monoisotopic (exact) mass is 398 g/mol. The fourth-order valence-corrected chi connectivity index (χ4v) is 4.81. The maximum absolute atomic E-state index is 12.8. The summed E-state index contributed by atoms with van der Waals surface area (Å²) in [5.74, 6) is 0.313. The Balaban J connectivity index is 1.56. The Hall–Kier alpha value is -2.27. The molecule has 0 atom stereocenters. The Morgan fingerprint density at radius 1 is 1.22 bits per heavy atom. The average Bonchev–Trinajstić information content (AvgIpc) is 3.26. The lowest BCUT2D eigenvalue weighted by atomic mass is 9.98. The normalized spacial score (nSPS) is 16.6. The molecule has 0 saturated carbocycles. The molecule has 1 aliphatic heterocycles. The zero-order valence-electron chi connectivity index (χ0n) is 15.5. The molecule has 0 N–H and O–H groups in total. The van der Waals surface area contributed by atoms with Crippen molar-refractivity contribution in [1.82, 2.24) is 19.6 Å². The summed E-state index contributed by atoms with van der Waals surface area (Å²) in [5.41, 5.74) is 0.333. The van der Waals surface area contributed by atoms with Gasteiger partial charge in [0.2, 0.25) is 10.0 Å². The maximum Gasteiger partial charge on any atom is 0.309 e. The van der Waals surface area contributed by atoms with Crippen LogP contribution in [0.15, 0.2) is 13.9 Å². The third-order valence-corrected chi connectivity index (χ3v) is 6.66. The van der Waals surface area contributed by atoms with Gasteiger partial charge in [0, 0.05) is 19.5 Å². The molecule has 0 bridgehead atoms. The molecular formula is C16H22N4O6S. The molecule has 0 amide bonds. The molecule has 3 rings (SSSR count). The van der Waals surface area contributed by atoms with Crippen molar-refractivity contribution in [2.75, 3.05) is 13.1 Å². The van der Waals surface area contributed by atoms with Crippen LogP contribution in [0.3, 0.4) is 0 Å². The Labute approximate surface area is 156 Å². The number of carbonyl (C=O) groups excluding carboxylic acids is 1. The zero-order valence-corrected chi connectivity index (χ0v) is 16.3. The molecule has 0 radical (unpaired) electrons. The summed E-state index contributed by atoms with van der Waals surface area (Å²) >= 11 is 0. The van der Waals surface area contributed by atoms with E-state index in [-0.39, 0.29) is 48.1 Å². The number of sulfonamides is 1. The Kier molecular flexibility index (Phi) is 5.61. The third kappa shape index (κ3) is 4.03. The van der Waals surface area contributed by atoms with Gasteiger partial charge in [-0.15, -0.1) is 0 Å². The Bertz CT molecular complexity index is 892. The van der Waals surface area contributed by atoms with Crippen molar-refractivity contribution in [3.8, 4) is 0 Å². The Morgan fingerprint density at radius 2 is 1.93 bits per heavy atom. The number of nitrogens with zero attached hydrogens (tertiary/aromatic N) is 4. The van der Waals surface area contributed by atoms with Gasteiger partial charge >= 0.3 is 5.97 Å². The lowest BCUT2D eigenvalue weighted by Crippen LogP contribution is -2.40. The molecule has 3 heterocycles. The molecule has 27 heavy (non-hydrogen) atoms. The molecule has 1 fully saturated rings. The smallest absolute Gasteiger partial charge is 0.309 e. The van der Waals surface area contributed by atoms with Crippen molar-refractivity contribution >= 4 is 16.0 Å². The molecule has 0 unspecified atom stereocenters. The third-order valence-electron chi connectivity index (χ3n) is 4.52.